The van der Waals surface area contributed by atoms with Gasteiger partial charge in [-0.05, 0) is 42.5 Å². The zero-order valence-electron chi connectivity index (χ0n) is 18.3. The highest BCUT2D eigenvalue weighted by molar-refractivity contribution is 6.07. The maximum absolute atomic E-state index is 13.3. The first kappa shape index (κ1) is 22.4. The van der Waals surface area contributed by atoms with E-state index in [-0.39, 0.29) is 18.9 Å². The van der Waals surface area contributed by atoms with Gasteiger partial charge in [-0.1, -0.05) is 6.07 Å². The van der Waals surface area contributed by atoms with E-state index in [2.05, 4.69) is 20.3 Å². The molecular weight excluding hydrogens is 434 g/mol. The molecule has 34 heavy (non-hydrogen) atoms. The fourth-order valence-corrected chi connectivity index (χ4v) is 3.47. The van der Waals surface area contributed by atoms with Crippen molar-refractivity contribution in [2.24, 2.45) is 7.05 Å². The van der Waals surface area contributed by atoms with Gasteiger partial charge in [0, 0.05) is 31.5 Å². The summed E-state index contributed by atoms with van der Waals surface area (Å²) in [6.45, 7) is 0.393. The molecule has 0 aliphatic rings. The molecule has 3 aromatic heterocycles. The minimum atomic E-state index is -0.997. The number of rotatable bonds is 8. The van der Waals surface area contributed by atoms with E-state index in [4.69, 9.17) is 10.4 Å². The number of aryl methyl sites for hydroxylation is 1. The van der Waals surface area contributed by atoms with Gasteiger partial charge in [0.15, 0.2) is 0 Å². The van der Waals surface area contributed by atoms with Crippen LogP contribution in [0.25, 0.3) is 11.0 Å². The molecule has 0 radical (unpaired) electrons. The first-order chi connectivity index (χ1) is 16.5. The summed E-state index contributed by atoms with van der Waals surface area (Å²) >= 11 is 0. The van der Waals surface area contributed by atoms with Crippen LogP contribution in [0.4, 0.5) is 11.6 Å². The number of carboxylic acid groups (broad SMARTS) is 1. The van der Waals surface area contributed by atoms with Gasteiger partial charge in [0.1, 0.15) is 23.5 Å². The third-order valence-corrected chi connectivity index (χ3v) is 5.26. The molecule has 0 aliphatic carbocycles. The Hall–Kier alpha value is -4.78. The number of carbonyl (C=O) groups excluding carboxylic acids is 1. The van der Waals surface area contributed by atoms with Crippen molar-refractivity contribution < 1.29 is 14.7 Å². The van der Waals surface area contributed by atoms with Gasteiger partial charge in [-0.15, -0.1) is 0 Å². The molecule has 4 aromatic rings. The largest absolute Gasteiger partial charge is 0.481 e. The third-order valence-electron chi connectivity index (χ3n) is 5.26. The van der Waals surface area contributed by atoms with Crippen LogP contribution in [0.15, 0.2) is 60.9 Å². The molecule has 0 fully saturated rings. The van der Waals surface area contributed by atoms with Crippen molar-refractivity contribution in [2.75, 3.05) is 16.8 Å². The van der Waals surface area contributed by atoms with Crippen molar-refractivity contribution in [1.29, 1.82) is 5.26 Å². The van der Waals surface area contributed by atoms with E-state index < -0.39 is 5.97 Å². The lowest BCUT2D eigenvalue weighted by molar-refractivity contribution is -0.136. The first-order valence-electron chi connectivity index (χ1n) is 10.5. The fourth-order valence-electron chi connectivity index (χ4n) is 3.47. The van der Waals surface area contributed by atoms with Gasteiger partial charge in [0.05, 0.1) is 29.6 Å². The molecule has 0 saturated heterocycles. The smallest absolute Gasteiger partial charge is 0.305 e. The quantitative estimate of drug-likeness (QED) is 0.414. The molecule has 0 atom stereocenters. The SMILES string of the molecule is Cn1c(CNc2ccc(C#N)cn2)nc2cc(C(=O)N(CCC(=O)O)c3ccccn3)ccc21. The lowest BCUT2D eigenvalue weighted by atomic mass is 10.1. The summed E-state index contributed by atoms with van der Waals surface area (Å²) in [4.78, 5) is 38.8. The highest BCUT2D eigenvalue weighted by Crippen LogP contribution is 2.21. The standard InChI is InChI=1S/C24H21N7O3/c1-30-19-7-6-17(24(34)31(11-9-23(32)33)21-4-2-3-10-26-21)12-18(19)29-22(30)15-28-20-8-5-16(13-25)14-27-20/h2-8,10,12,14H,9,11,15H2,1H3,(H,27,28)(H,32,33). The summed E-state index contributed by atoms with van der Waals surface area (Å²) < 4.78 is 1.92. The van der Waals surface area contributed by atoms with Crippen LogP contribution in [0.3, 0.4) is 0 Å². The number of carbonyl (C=O) groups is 2. The molecule has 3 heterocycles. The summed E-state index contributed by atoms with van der Waals surface area (Å²) in [5.74, 6) is 0.385. The van der Waals surface area contributed by atoms with Crippen molar-refractivity contribution >= 4 is 34.5 Å². The van der Waals surface area contributed by atoms with E-state index in [9.17, 15) is 9.59 Å². The lowest BCUT2D eigenvalue weighted by Gasteiger charge is -2.21. The van der Waals surface area contributed by atoms with Crippen molar-refractivity contribution in [1.82, 2.24) is 19.5 Å². The number of nitrogens with zero attached hydrogens (tertiary/aromatic N) is 6. The predicted octanol–water partition coefficient (Wildman–Crippen LogP) is 2.97. The van der Waals surface area contributed by atoms with E-state index in [0.717, 1.165) is 11.3 Å². The van der Waals surface area contributed by atoms with E-state index in [1.807, 2.05) is 23.8 Å². The van der Waals surface area contributed by atoms with E-state index >= 15 is 0 Å². The number of nitriles is 1. The average molecular weight is 455 g/mol. The number of benzene rings is 1. The molecule has 4 rings (SSSR count). The number of nitrogens with one attached hydrogen (secondary N) is 1. The number of imidazole rings is 1. The number of hydrogen-bond acceptors (Lipinski definition) is 7. The number of fused-ring (bicyclic) bond motifs is 1. The van der Waals surface area contributed by atoms with Gasteiger partial charge in [0.25, 0.3) is 5.91 Å². The Morgan fingerprint density at radius 2 is 2.03 bits per heavy atom. The molecule has 10 nitrogen and oxygen atoms in total. The second-order valence-corrected chi connectivity index (χ2v) is 7.48. The van der Waals surface area contributed by atoms with Gasteiger partial charge in [-0.3, -0.25) is 14.5 Å². The van der Waals surface area contributed by atoms with Crippen LogP contribution in [-0.4, -0.2) is 43.0 Å². The fraction of sp³-hybridized carbons (Fsp3) is 0.167. The summed E-state index contributed by atoms with van der Waals surface area (Å²) in [5.41, 5.74) is 2.34. The van der Waals surface area contributed by atoms with Crippen LogP contribution < -0.4 is 10.2 Å². The van der Waals surface area contributed by atoms with E-state index in [0.29, 0.717) is 34.8 Å². The zero-order chi connectivity index (χ0) is 24.1. The Balaban J connectivity index is 1.57. The molecule has 170 valence electrons. The molecule has 0 spiro atoms. The van der Waals surface area contributed by atoms with Crippen molar-refractivity contribution in [3.8, 4) is 6.07 Å². The molecule has 10 heteroatoms. The molecule has 1 aromatic carbocycles. The first-order valence-corrected chi connectivity index (χ1v) is 10.5. The number of pyridine rings is 2. The Morgan fingerprint density at radius 1 is 1.18 bits per heavy atom. The van der Waals surface area contributed by atoms with Crippen LogP contribution in [0.5, 0.6) is 0 Å². The molecule has 1 amide bonds. The van der Waals surface area contributed by atoms with Crippen LogP contribution in [-0.2, 0) is 18.4 Å². The Bertz CT molecular complexity index is 1380. The van der Waals surface area contributed by atoms with Crippen molar-refractivity contribution in [3.63, 3.8) is 0 Å². The third kappa shape index (κ3) is 4.83. The summed E-state index contributed by atoms with van der Waals surface area (Å²) in [6, 6.07) is 15.8. The van der Waals surface area contributed by atoms with Crippen LogP contribution in [0, 0.1) is 11.3 Å². The minimum Gasteiger partial charge on any atom is -0.481 e. The van der Waals surface area contributed by atoms with Crippen molar-refractivity contribution in [2.45, 2.75) is 13.0 Å². The minimum absolute atomic E-state index is 0.00179. The molecule has 0 bridgehead atoms. The van der Waals surface area contributed by atoms with E-state index in [1.165, 1.54) is 11.1 Å². The maximum Gasteiger partial charge on any atom is 0.305 e. The maximum atomic E-state index is 13.3. The Kier molecular flexibility index (Phi) is 6.45. The number of amides is 1. The average Bonchev–Trinajstić information content (AvgIpc) is 3.18. The molecule has 0 unspecified atom stereocenters. The van der Waals surface area contributed by atoms with Gasteiger partial charge < -0.3 is 15.0 Å². The molecule has 0 aliphatic heterocycles. The number of carboxylic acids is 1. The van der Waals surface area contributed by atoms with Gasteiger partial charge in [0.2, 0.25) is 0 Å². The summed E-state index contributed by atoms with van der Waals surface area (Å²) in [7, 11) is 1.88. The van der Waals surface area contributed by atoms with Gasteiger partial charge in [-0.25, -0.2) is 15.0 Å². The number of anilines is 2. The Morgan fingerprint density at radius 3 is 2.71 bits per heavy atom. The normalized spacial score (nSPS) is 10.6. The summed E-state index contributed by atoms with van der Waals surface area (Å²) in [5, 5.41) is 21.2. The molecule has 0 saturated carbocycles. The van der Waals surface area contributed by atoms with Gasteiger partial charge in [-0.2, -0.15) is 5.26 Å². The molecular formula is C24H21N7O3. The number of aromatic nitrogens is 4. The van der Waals surface area contributed by atoms with Crippen LogP contribution >= 0.6 is 0 Å². The topological polar surface area (TPSA) is 137 Å². The monoisotopic (exact) mass is 455 g/mol. The zero-order valence-corrected chi connectivity index (χ0v) is 18.3. The summed E-state index contributed by atoms with van der Waals surface area (Å²) in [6.07, 6.45) is 2.85. The highest BCUT2D eigenvalue weighted by Gasteiger charge is 2.21. The highest BCUT2D eigenvalue weighted by atomic mass is 16.4. The molecule has 2 N–H and O–H groups in total. The number of aliphatic carboxylic acids is 1. The Labute approximate surface area is 195 Å². The van der Waals surface area contributed by atoms with E-state index in [1.54, 1.807) is 48.7 Å². The predicted molar refractivity (Wildman–Crippen MR) is 125 cm³/mol. The van der Waals surface area contributed by atoms with Crippen LogP contribution in [0.1, 0.15) is 28.2 Å². The second kappa shape index (κ2) is 9.79. The van der Waals surface area contributed by atoms with Crippen LogP contribution in [0.2, 0.25) is 0 Å². The lowest BCUT2D eigenvalue weighted by Crippen LogP contribution is -2.33. The van der Waals surface area contributed by atoms with Crippen molar-refractivity contribution in [3.05, 3.63) is 77.9 Å². The second-order valence-electron chi connectivity index (χ2n) is 7.48. The van der Waals surface area contributed by atoms with Gasteiger partial charge >= 0.3 is 5.97 Å². The number of hydrogen-bond donors (Lipinski definition) is 2.